The van der Waals surface area contributed by atoms with Crippen molar-refractivity contribution in [3.05, 3.63) is 73.4 Å². The van der Waals surface area contributed by atoms with Crippen LogP contribution in [0.25, 0.3) is 4.83 Å². The molecule has 3 aromatic rings. The molecule has 0 saturated carbocycles. The number of aromatic nitrogens is 2. The average molecular weight is 330 g/mol. The lowest BCUT2D eigenvalue weighted by Gasteiger charge is -2.09. The lowest BCUT2D eigenvalue weighted by molar-refractivity contribution is 0.0592. The lowest BCUT2D eigenvalue weighted by atomic mass is 10.2. The largest absolute Gasteiger partial charge is 0.464 e. The maximum atomic E-state index is 12.7. The van der Waals surface area contributed by atoms with Gasteiger partial charge in [0.1, 0.15) is 10.5 Å². The van der Waals surface area contributed by atoms with Crippen LogP contribution in [0.3, 0.4) is 0 Å². The van der Waals surface area contributed by atoms with Gasteiger partial charge in [-0.1, -0.05) is 30.3 Å². The molecule has 0 fully saturated rings. The summed E-state index contributed by atoms with van der Waals surface area (Å²) in [6, 6.07) is 9.22. The Labute approximate surface area is 135 Å². The van der Waals surface area contributed by atoms with E-state index < -0.39 is 11.7 Å². The van der Waals surface area contributed by atoms with Crippen LogP contribution in [0, 0.1) is 6.92 Å². The number of methoxy groups -OCH3 is 1. The highest BCUT2D eigenvalue weighted by Crippen LogP contribution is 2.17. The van der Waals surface area contributed by atoms with Crippen LogP contribution >= 0.6 is 11.3 Å². The molecular weight excluding hydrogens is 316 g/mol. The SMILES string of the molecule is COC(=O)c1csc2c(C)c(=O)n(Cc3ccccc3)c(=O)n12. The maximum absolute atomic E-state index is 12.7. The number of fused-ring (bicyclic) bond motifs is 1. The zero-order valence-electron chi connectivity index (χ0n) is 12.6. The number of nitrogens with zero attached hydrogens (tertiary/aromatic N) is 2. The molecule has 0 N–H and O–H groups in total. The predicted octanol–water partition coefficient (Wildman–Crippen LogP) is 1.67. The molecule has 0 aliphatic heterocycles. The molecule has 3 rings (SSSR count). The van der Waals surface area contributed by atoms with Crippen LogP contribution in [-0.2, 0) is 11.3 Å². The van der Waals surface area contributed by atoms with Crippen LogP contribution in [0.2, 0.25) is 0 Å². The Kier molecular flexibility index (Phi) is 3.87. The number of hydrogen-bond donors (Lipinski definition) is 0. The number of ether oxygens (including phenoxy) is 1. The second-order valence-corrected chi connectivity index (χ2v) is 5.90. The van der Waals surface area contributed by atoms with Gasteiger partial charge in [-0.25, -0.2) is 14.0 Å². The fourth-order valence-corrected chi connectivity index (χ4v) is 3.39. The quantitative estimate of drug-likeness (QED) is 0.685. The Bertz CT molecular complexity index is 999. The number of carbonyl (C=O) groups is 1. The van der Waals surface area contributed by atoms with E-state index in [4.69, 9.17) is 4.74 Å². The van der Waals surface area contributed by atoms with E-state index in [1.54, 1.807) is 6.92 Å². The molecule has 0 aliphatic rings. The smallest absolute Gasteiger partial charge is 0.356 e. The van der Waals surface area contributed by atoms with E-state index in [0.29, 0.717) is 10.4 Å². The molecule has 0 amide bonds. The monoisotopic (exact) mass is 330 g/mol. The first kappa shape index (κ1) is 15.2. The van der Waals surface area contributed by atoms with Gasteiger partial charge >= 0.3 is 11.7 Å². The van der Waals surface area contributed by atoms with Crippen LogP contribution in [0.1, 0.15) is 21.6 Å². The molecule has 0 unspecified atom stereocenters. The molecule has 0 bridgehead atoms. The Morgan fingerprint density at radius 3 is 2.57 bits per heavy atom. The molecule has 7 heteroatoms. The van der Waals surface area contributed by atoms with Gasteiger partial charge in [0.25, 0.3) is 5.56 Å². The zero-order valence-corrected chi connectivity index (χ0v) is 13.4. The number of benzene rings is 1. The van der Waals surface area contributed by atoms with Crippen LogP contribution in [0.15, 0.2) is 45.3 Å². The minimum absolute atomic E-state index is 0.127. The van der Waals surface area contributed by atoms with E-state index in [-0.39, 0.29) is 17.8 Å². The highest BCUT2D eigenvalue weighted by atomic mass is 32.1. The van der Waals surface area contributed by atoms with Crippen molar-refractivity contribution in [2.75, 3.05) is 7.11 Å². The normalized spacial score (nSPS) is 10.9. The number of hydrogen-bond acceptors (Lipinski definition) is 5. The van der Waals surface area contributed by atoms with E-state index in [0.717, 1.165) is 10.1 Å². The molecule has 0 atom stereocenters. The van der Waals surface area contributed by atoms with E-state index in [1.165, 1.54) is 28.2 Å². The van der Waals surface area contributed by atoms with Gasteiger partial charge in [0.15, 0.2) is 0 Å². The standard InChI is InChI=1S/C16H14N2O4S/c1-10-13(19)17(8-11-6-4-3-5-7-11)16(21)18-12(15(20)22-2)9-23-14(10)18/h3-7,9H,8H2,1-2H3. The number of thiazole rings is 1. The van der Waals surface area contributed by atoms with Crippen LogP contribution < -0.4 is 11.2 Å². The molecule has 0 saturated heterocycles. The average Bonchev–Trinajstić information content (AvgIpc) is 3.02. The Hall–Kier alpha value is -2.67. The van der Waals surface area contributed by atoms with Gasteiger partial charge in [0.05, 0.1) is 13.7 Å². The summed E-state index contributed by atoms with van der Waals surface area (Å²) in [6.45, 7) is 1.80. The second kappa shape index (κ2) is 5.85. The van der Waals surface area contributed by atoms with Gasteiger partial charge in [-0.05, 0) is 12.5 Å². The van der Waals surface area contributed by atoms with Crippen molar-refractivity contribution in [2.45, 2.75) is 13.5 Å². The number of esters is 1. The van der Waals surface area contributed by atoms with Crippen molar-refractivity contribution >= 4 is 22.1 Å². The lowest BCUT2D eigenvalue weighted by Crippen LogP contribution is -2.39. The van der Waals surface area contributed by atoms with Gasteiger partial charge in [0, 0.05) is 10.9 Å². The van der Waals surface area contributed by atoms with Crippen molar-refractivity contribution in [2.24, 2.45) is 0 Å². The molecule has 0 aliphatic carbocycles. The summed E-state index contributed by atoms with van der Waals surface area (Å²) in [6.07, 6.45) is 0. The highest BCUT2D eigenvalue weighted by molar-refractivity contribution is 7.16. The zero-order chi connectivity index (χ0) is 16.6. The third-order valence-corrected chi connectivity index (χ3v) is 4.67. The first-order chi connectivity index (χ1) is 11.0. The fourth-order valence-electron chi connectivity index (χ4n) is 2.42. The summed E-state index contributed by atoms with van der Waals surface area (Å²) in [5.74, 6) is -0.609. The van der Waals surface area contributed by atoms with Gasteiger partial charge in [-0.15, -0.1) is 11.3 Å². The molecule has 6 nitrogen and oxygen atoms in total. The topological polar surface area (TPSA) is 69.8 Å². The third kappa shape index (κ3) is 2.49. The van der Waals surface area contributed by atoms with Gasteiger partial charge < -0.3 is 4.74 Å². The fraction of sp³-hybridized carbons (Fsp3) is 0.188. The summed E-state index contributed by atoms with van der Waals surface area (Å²) in [5.41, 5.74) is 0.502. The second-order valence-electron chi connectivity index (χ2n) is 5.04. The number of rotatable bonds is 3. The summed E-state index contributed by atoms with van der Waals surface area (Å²) >= 11 is 1.18. The molecule has 1 aromatic carbocycles. The molecule has 118 valence electrons. The van der Waals surface area contributed by atoms with Crippen molar-refractivity contribution in [1.82, 2.24) is 8.97 Å². The van der Waals surface area contributed by atoms with Crippen LogP contribution in [0.5, 0.6) is 0 Å². The van der Waals surface area contributed by atoms with E-state index >= 15 is 0 Å². The molecule has 0 radical (unpaired) electrons. The number of aryl methyl sites for hydroxylation is 1. The molecule has 0 spiro atoms. The van der Waals surface area contributed by atoms with Crippen LogP contribution in [0.4, 0.5) is 0 Å². The first-order valence-electron chi connectivity index (χ1n) is 6.90. The summed E-state index contributed by atoms with van der Waals surface area (Å²) in [5, 5.41) is 1.53. The Balaban J connectivity index is 2.28. The molecule has 23 heavy (non-hydrogen) atoms. The Morgan fingerprint density at radius 2 is 1.91 bits per heavy atom. The minimum atomic E-state index is -0.609. The van der Waals surface area contributed by atoms with E-state index in [2.05, 4.69) is 0 Å². The highest BCUT2D eigenvalue weighted by Gasteiger charge is 2.19. The van der Waals surface area contributed by atoms with Gasteiger partial charge in [-0.3, -0.25) is 9.36 Å². The van der Waals surface area contributed by atoms with Crippen molar-refractivity contribution < 1.29 is 9.53 Å². The van der Waals surface area contributed by atoms with E-state index in [1.807, 2.05) is 30.3 Å². The summed E-state index contributed by atoms with van der Waals surface area (Å²) in [4.78, 5) is 37.5. The Morgan fingerprint density at radius 1 is 1.22 bits per heavy atom. The predicted molar refractivity (Wildman–Crippen MR) is 87.4 cm³/mol. The molecular formula is C16H14N2O4S. The minimum Gasteiger partial charge on any atom is -0.464 e. The third-order valence-electron chi connectivity index (χ3n) is 3.61. The maximum Gasteiger partial charge on any atom is 0.356 e. The van der Waals surface area contributed by atoms with E-state index in [9.17, 15) is 14.4 Å². The van der Waals surface area contributed by atoms with Crippen LogP contribution in [-0.4, -0.2) is 22.0 Å². The van der Waals surface area contributed by atoms with Gasteiger partial charge in [-0.2, -0.15) is 0 Å². The summed E-state index contributed by atoms with van der Waals surface area (Å²) in [7, 11) is 1.25. The van der Waals surface area contributed by atoms with Gasteiger partial charge in [0.2, 0.25) is 0 Å². The van der Waals surface area contributed by atoms with Crippen molar-refractivity contribution in [1.29, 1.82) is 0 Å². The summed E-state index contributed by atoms with van der Waals surface area (Å²) < 4.78 is 7.09. The molecule has 2 heterocycles. The van der Waals surface area contributed by atoms with Crippen molar-refractivity contribution in [3.8, 4) is 0 Å². The molecule has 2 aromatic heterocycles. The number of carbonyl (C=O) groups excluding carboxylic acids is 1. The van der Waals surface area contributed by atoms with Crippen molar-refractivity contribution in [3.63, 3.8) is 0 Å². The first-order valence-corrected chi connectivity index (χ1v) is 7.78.